The Morgan fingerprint density at radius 2 is 1.74 bits per heavy atom. The quantitative estimate of drug-likeness (QED) is 0.200. The summed E-state index contributed by atoms with van der Waals surface area (Å²) < 4.78 is 39.9. The molecule has 0 unspecified atom stereocenters. The Morgan fingerprint density at radius 1 is 1.00 bits per heavy atom. The molecule has 42 heavy (non-hydrogen) atoms. The number of nitrogens with zero attached hydrogens (tertiary/aromatic N) is 2. The lowest BCUT2D eigenvalue weighted by atomic mass is 9.95. The van der Waals surface area contributed by atoms with E-state index in [2.05, 4.69) is 21.5 Å². The third-order valence-corrected chi connectivity index (χ3v) is 6.87. The van der Waals surface area contributed by atoms with Crippen molar-refractivity contribution >= 4 is 22.4 Å². The van der Waals surface area contributed by atoms with Gasteiger partial charge in [0.05, 0.1) is 18.2 Å². The molecule has 5 aromatic rings. The first-order valence-corrected chi connectivity index (χ1v) is 13.1. The number of hydrogen-bond acceptors (Lipinski definition) is 6. The van der Waals surface area contributed by atoms with Gasteiger partial charge in [-0.05, 0) is 67.8 Å². The Labute approximate surface area is 240 Å². The van der Waals surface area contributed by atoms with Gasteiger partial charge in [0.1, 0.15) is 11.3 Å². The van der Waals surface area contributed by atoms with Gasteiger partial charge in [0.2, 0.25) is 11.3 Å². The van der Waals surface area contributed by atoms with Gasteiger partial charge in [-0.25, -0.2) is 13.8 Å². The average Bonchev–Trinajstić information content (AvgIpc) is 2.94. The number of halogens is 2. The van der Waals surface area contributed by atoms with Crippen LogP contribution in [0.2, 0.25) is 0 Å². The summed E-state index contributed by atoms with van der Waals surface area (Å²) in [6, 6.07) is 13.0. The summed E-state index contributed by atoms with van der Waals surface area (Å²) in [5.74, 6) is -1.08. The van der Waals surface area contributed by atoms with E-state index in [9.17, 15) is 14.0 Å². The standard InChI is InChI=1S/C33H27F2N3O4/c1-17(2)23-16-25-31(38-33(23)41-5)28(12-13-36-25)42-27-11-6-20(14-24(27)35)15-26(39)30-19(4)37-18(3)29(32(30)40)21-7-9-22(34)10-8-21/h6-14,16H,1,15H2,2-5H3,(H,37,40). The third kappa shape index (κ3) is 5.41. The second kappa shape index (κ2) is 11.4. The summed E-state index contributed by atoms with van der Waals surface area (Å²) in [6.45, 7) is 9.12. The van der Waals surface area contributed by atoms with E-state index in [1.807, 2.05) is 6.92 Å². The van der Waals surface area contributed by atoms with Crippen LogP contribution in [-0.2, 0) is 6.42 Å². The number of carbonyl (C=O) groups excluding carboxylic acids is 1. The van der Waals surface area contributed by atoms with Crippen molar-refractivity contribution in [2.24, 2.45) is 0 Å². The van der Waals surface area contributed by atoms with Gasteiger partial charge in [-0.3, -0.25) is 14.6 Å². The number of pyridine rings is 3. The largest absolute Gasteiger partial charge is 0.481 e. The smallest absolute Gasteiger partial charge is 0.221 e. The molecule has 0 aliphatic rings. The number of fused-ring (bicyclic) bond motifs is 1. The van der Waals surface area contributed by atoms with Gasteiger partial charge in [-0.15, -0.1) is 0 Å². The van der Waals surface area contributed by atoms with E-state index in [0.29, 0.717) is 45.0 Å². The lowest BCUT2D eigenvalue weighted by molar-refractivity contribution is 0.0991. The fourth-order valence-corrected chi connectivity index (χ4v) is 4.87. The first kappa shape index (κ1) is 28.4. The fourth-order valence-electron chi connectivity index (χ4n) is 4.87. The molecule has 0 saturated carbocycles. The molecule has 0 bridgehead atoms. The molecule has 5 rings (SSSR count). The molecular weight excluding hydrogens is 540 g/mol. The van der Waals surface area contributed by atoms with Gasteiger partial charge in [-0.1, -0.05) is 24.8 Å². The van der Waals surface area contributed by atoms with Gasteiger partial charge in [0.15, 0.2) is 23.1 Å². The van der Waals surface area contributed by atoms with Crippen LogP contribution in [0.15, 0.2) is 72.2 Å². The van der Waals surface area contributed by atoms with E-state index >= 15 is 4.39 Å². The highest BCUT2D eigenvalue weighted by molar-refractivity contribution is 5.99. The van der Waals surface area contributed by atoms with E-state index in [1.165, 1.54) is 49.7 Å². The van der Waals surface area contributed by atoms with Crippen LogP contribution in [0.4, 0.5) is 8.78 Å². The summed E-state index contributed by atoms with van der Waals surface area (Å²) in [4.78, 5) is 38.6. The van der Waals surface area contributed by atoms with E-state index in [-0.39, 0.29) is 29.0 Å². The van der Waals surface area contributed by atoms with Crippen molar-refractivity contribution in [2.75, 3.05) is 7.11 Å². The van der Waals surface area contributed by atoms with Crippen molar-refractivity contribution < 1.29 is 23.0 Å². The number of methoxy groups -OCH3 is 1. The Balaban J connectivity index is 1.43. The zero-order valence-electron chi connectivity index (χ0n) is 23.5. The molecule has 7 nitrogen and oxygen atoms in total. The molecule has 3 heterocycles. The molecule has 0 aliphatic carbocycles. The van der Waals surface area contributed by atoms with Crippen molar-refractivity contribution in [2.45, 2.75) is 27.2 Å². The minimum absolute atomic E-state index is 0.0296. The number of nitrogens with one attached hydrogen (secondary N) is 1. The van der Waals surface area contributed by atoms with Gasteiger partial charge < -0.3 is 14.5 Å². The fraction of sp³-hybridized carbons (Fsp3) is 0.152. The van der Waals surface area contributed by atoms with Crippen molar-refractivity contribution in [1.29, 1.82) is 0 Å². The molecule has 0 fully saturated rings. The Bertz CT molecular complexity index is 1930. The third-order valence-electron chi connectivity index (χ3n) is 6.87. The van der Waals surface area contributed by atoms with Gasteiger partial charge >= 0.3 is 0 Å². The minimum atomic E-state index is -0.697. The first-order chi connectivity index (χ1) is 20.1. The molecule has 0 amide bonds. The topological polar surface area (TPSA) is 94.2 Å². The summed E-state index contributed by atoms with van der Waals surface area (Å²) >= 11 is 0. The summed E-state index contributed by atoms with van der Waals surface area (Å²) in [6.07, 6.45) is 1.31. The average molecular weight is 568 g/mol. The van der Waals surface area contributed by atoms with E-state index in [0.717, 1.165) is 5.57 Å². The van der Waals surface area contributed by atoms with Crippen LogP contribution in [0.1, 0.15) is 39.8 Å². The number of rotatable bonds is 8. The SMILES string of the molecule is C=C(C)c1cc2nccc(Oc3ccc(CC(=O)c4c(C)[nH]c(C)c(-c5ccc(F)cc5)c4=O)cc3F)c2nc1OC. The number of hydrogen-bond donors (Lipinski definition) is 1. The predicted molar refractivity (Wildman–Crippen MR) is 157 cm³/mol. The minimum Gasteiger partial charge on any atom is -0.481 e. The van der Waals surface area contributed by atoms with Crippen LogP contribution in [-0.4, -0.2) is 27.8 Å². The van der Waals surface area contributed by atoms with E-state index in [4.69, 9.17) is 9.47 Å². The molecule has 0 spiro atoms. The molecule has 9 heteroatoms. The van der Waals surface area contributed by atoms with Crippen molar-refractivity contribution in [3.05, 3.63) is 117 Å². The van der Waals surface area contributed by atoms with E-state index in [1.54, 1.807) is 32.0 Å². The Morgan fingerprint density at radius 3 is 2.40 bits per heavy atom. The first-order valence-electron chi connectivity index (χ1n) is 13.1. The second-order valence-corrected chi connectivity index (χ2v) is 9.93. The van der Waals surface area contributed by atoms with Crippen LogP contribution in [0, 0.1) is 25.5 Å². The molecule has 3 aromatic heterocycles. The maximum Gasteiger partial charge on any atom is 0.221 e. The highest BCUT2D eigenvalue weighted by Crippen LogP contribution is 2.34. The maximum atomic E-state index is 15.2. The zero-order valence-corrected chi connectivity index (χ0v) is 23.5. The van der Waals surface area contributed by atoms with Gasteiger partial charge in [-0.2, -0.15) is 0 Å². The molecule has 212 valence electrons. The lowest BCUT2D eigenvalue weighted by Crippen LogP contribution is -2.22. The summed E-state index contributed by atoms with van der Waals surface area (Å²) in [5.41, 5.74) is 3.93. The van der Waals surface area contributed by atoms with Crippen molar-refractivity contribution in [3.8, 4) is 28.5 Å². The highest BCUT2D eigenvalue weighted by Gasteiger charge is 2.21. The normalized spacial score (nSPS) is 11.0. The van der Waals surface area contributed by atoms with Crippen molar-refractivity contribution in [3.63, 3.8) is 0 Å². The second-order valence-electron chi connectivity index (χ2n) is 9.93. The number of Topliss-reactive ketones (excluding diaryl/α,β-unsaturated/α-hetero) is 1. The molecular formula is C33H27F2N3O4. The number of carbonyl (C=O) groups is 1. The number of allylic oxidation sites excluding steroid dienone is 1. The predicted octanol–water partition coefficient (Wildman–Crippen LogP) is 7.14. The zero-order chi connectivity index (χ0) is 30.1. The lowest BCUT2D eigenvalue weighted by Gasteiger charge is -2.13. The molecule has 0 aliphatic heterocycles. The van der Waals surface area contributed by atoms with E-state index < -0.39 is 22.8 Å². The Hall–Kier alpha value is -5.18. The number of aromatic amines is 1. The summed E-state index contributed by atoms with van der Waals surface area (Å²) in [5, 5.41) is 0. The monoisotopic (exact) mass is 567 g/mol. The molecule has 0 radical (unpaired) electrons. The van der Waals surface area contributed by atoms with Crippen LogP contribution in [0.5, 0.6) is 17.4 Å². The number of ether oxygens (including phenoxy) is 2. The maximum absolute atomic E-state index is 15.2. The number of benzene rings is 2. The number of aryl methyl sites for hydroxylation is 2. The molecule has 1 N–H and O–H groups in total. The highest BCUT2D eigenvalue weighted by atomic mass is 19.1. The van der Waals surface area contributed by atoms with Crippen LogP contribution >= 0.6 is 0 Å². The summed E-state index contributed by atoms with van der Waals surface area (Å²) in [7, 11) is 1.49. The molecule has 0 saturated heterocycles. The van der Waals surface area contributed by atoms with Crippen LogP contribution in [0.3, 0.4) is 0 Å². The molecule has 0 atom stereocenters. The van der Waals surface area contributed by atoms with Crippen molar-refractivity contribution in [1.82, 2.24) is 15.0 Å². The van der Waals surface area contributed by atoms with Crippen LogP contribution in [0.25, 0.3) is 27.7 Å². The number of aromatic nitrogens is 3. The van der Waals surface area contributed by atoms with Gasteiger partial charge in [0.25, 0.3) is 0 Å². The number of H-pyrrole nitrogens is 1. The molecule has 2 aromatic carbocycles. The Kier molecular flexibility index (Phi) is 7.67. The number of ketones is 1. The van der Waals surface area contributed by atoms with Crippen LogP contribution < -0.4 is 14.9 Å². The van der Waals surface area contributed by atoms with Gasteiger partial charge in [0, 0.05) is 41.2 Å².